The summed E-state index contributed by atoms with van der Waals surface area (Å²) < 4.78 is 42.0. The van der Waals surface area contributed by atoms with Crippen LogP contribution in [-0.2, 0) is 16.1 Å². The maximum absolute atomic E-state index is 12.4. The molecule has 1 fully saturated rings. The number of carbonyl (C=O) groups is 2. The minimum atomic E-state index is -4.96. The van der Waals surface area contributed by atoms with Crippen molar-refractivity contribution in [3.8, 4) is 0 Å². The Hall–Kier alpha value is -2.33. The van der Waals surface area contributed by atoms with E-state index < -0.39 is 36.4 Å². The number of hydrogen-bond donors (Lipinski definition) is 2. The molecule has 2 N–H and O–H groups in total. The minimum absolute atomic E-state index is 0.0762. The third-order valence-electron chi connectivity index (χ3n) is 3.65. The lowest BCUT2D eigenvalue weighted by atomic mass is 10.0. The van der Waals surface area contributed by atoms with Gasteiger partial charge in [-0.2, -0.15) is 18.3 Å². The topological polar surface area (TPSA) is 100 Å². The molecule has 8 nitrogen and oxygen atoms in total. The number of piperidine rings is 1. The van der Waals surface area contributed by atoms with E-state index in [9.17, 15) is 22.8 Å². The molecule has 1 saturated heterocycles. The third-order valence-corrected chi connectivity index (χ3v) is 3.65. The predicted molar refractivity (Wildman–Crippen MR) is 83.8 cm³/mol. The number of ether oxygens (including phenoxy) is 1. The van der Waals surface area contributed by atoms with Gasteiger partial charge in [0.25, 0.3) is 0 Å². The van der Waals surface area contributed by atoms with Gasteiger partial charge in [-0.05, 0) is 40.0 Å². The van der Waals surface area contributed by atoms with E-state index in [1.807, 2.05) is 0 Å². The lowest BCUT2D eigenvalue weighted by Gasteiger charge is -2.35. The van der Waals surface area contributed by atoms with E-state index in [1.165, 1.54) is 4.90 Å². The van der Waals surface area contributed by atoms with Crippen molar-refractivity contribution in [2.45, 2.75) is 64.4 Å². The standard InChI is InChI=1S/C15H22F3N5O3/c1-14(2,3)26-13(25)23-7-5-4-6-9(23)11-20-10(21-22-11)8-19-12(24)15(16,17)18/h9H,4-8H2,1-3H3,(H,19,24)(H,20,21,22)/t9-/m1/s1. The minimum Gasteiger partial charge on any atom is -0.444 e. The van der Waals surface area contributed by atoms with Crippen molar-refractivity contribution in [1.29, 1.82) is 0 Å². The number of halogens is 3. The molecule has 2 amide bonds. The second-order valence-corrected chi connectivity index (χ2v) is 7.01. The molecule has 0 spiro atoms. The third kappa shape index (κ3) is 5.33. The Kier molecular flexibility index (Phi) is 5.77. The van der Waals surface area contributed by atoms with Crippen LogP contribution in [0.5, 0.6) is 0 Å². The number of carbonyl (C=O) groups excluding carboxylic acids is 2. The van der Waals surface area contributed by atoms with Crippen molar-refractivity contribution < 1.29 is 27.5 Å². The van der Waals surface area contributed by atoms with Gasteiger partial charge in [-0.1, -0.05) is 0 Å². The summed E-state index contributed by atoms with van der Waals surface area (Å²) in [4.78, 5) is 28.9. The van der Waals surface area contributed by atoms with Crippen LogP contribution in [0.25, 0.3) is 0 Å². The highest BCUT2D eigenvalue weighted by Gasteiger charge is 2.38. The molecule has 0 saturated carbocycles. The first-order valence-corrected chi connectivity index (χ1v) is 8.23. The summed E-state index contributed by atoms with van der Waals surface area (Å²) in [5.74, 6) is -1.69. The lowest BCUT2D eigenvalue weighted by Crippen LogP contribution is -2.42. The van der Waals surface area contributed by atoms with E-state index in [-0.39, 0.29) is 11.6 Å². The van der Waals surface area contributed by atoms with Crippen LogP contribution in [0.2, 0.25) is 0 Å². The molecule has 1 aromatic rings. The highest BCUT2D eigenvalue weighted by atomic mass is 19.4. The van der Waals surface area contributed by atoms with Crippen LogP contribution in [0.15, 0.2) is 0 Å². The lowest BCUT2D eigenvalue weighted by molar-refractivity contribution is -0.173. The number of hydrogen-bond acceptors (Lipinski definition) is 5. The zero-order chi connectivity index (χ0) is 19.5. The van der Waals surface area contributed by atoms with Gasteiger partial charge < -0.3 is 10.1 Å². The Labute approximate surface area is 148 Å². The summed E-state index contributed by atoms with van der Waals surface area (Å²) in [5.41, 5.74) is -0.648. The summed E-state index contributed by atoms with van der Waals surface area (Å²) in [5, 5.41) is 8.20. The molecule has 2 heterocycles. The van der Waals surface area contributed by atoms with Crippen molar-refractivity contribution in [2.75, 3.05) is 6.54 Å². The first-order valence-electron chi connectivity index (χ1n) is 8.23. The van der Waals surface area contributed by atoms with E-state index in [0.29, 0.717) is 13.0 Å². The average Bonchev–Trinajstić information content (AvgIpc) is 2.98. The fourth-order valence-electron chi connectivity index (χ4n) is 2.54. The molecular weight excluding hydrogens is 355 g/mol. The van der Waals surface area contributed by atoms with Crippen LogP contribution in [0.1, 0.15) is 57.7 Å². The van der Waals surface area contributed by atoms with E-state index >= 15 is 0 Å². The number of nitrogens with one attached hydrogen (secondary N) is 2. The molecular formula is C15H22F3N5O3. The number of amides is 2. The van der Waals surface area contributed by atoms with Gasteiger partial charge in [-0.15, -0.1) is 0 Å². The summed E-state index contributed by atoms with van der Waals surface area (Å²) in [6.45, 7) is 5.33. The summed E-state index contributed by atoms with van der Waals surface area (Å²) in [6, 6.07) is -0.429. The molecule has 1 aromatic heterocycles. The van der Waals surface area contributed by atoms with Crippen LogP contribution in [-0.4, -0.2) is 50.4 Å². The van der Waals surface area contributed by atoms with Crippen LogP contribution >= 0.6 is 0 Å². The zero-order valence-electron chi connectivity index (χ0n) is 14.8. The van der Waals surface area contributed by atoms with Crippen molar-refractivity contribution >= 4 is 12.0 Å². The highest BCUT2D eigenvalue weighted by Crippen LogP contribution is 2.30. The van der Waals surface area contributed by atoms with Gasteiger partial charge in [0.2, 0.25) is 0 Å². The number of aromatic nitrogens is 3. The second kappa shape index (κ2) is 7.50. The molecule has 26 heavy (non-hydrogen) atoms. The average molecular weight is 377 g/mol. The molecule has 11 heteroatoms. The molecule has 0 aliphatic carbocycles. The number of nitrogens with zero attached hydrogens (tertiary/aromatic N) is 3. The number of alkyl halides is 3. The van der Waals surface area contributed by atoms with Gasteiger partial charge in [-0.3, -0.25) is 14.8 Å². The molecule has 1 aliphatic heterocycles. The fraction of sp³-hybridized carbons (Fsp3) is 0.733. The smallest absolute Gasteiger partial charge is 0.444 e. The molecule has 0 radical (unpaired) electrons. The number of rotatable bonds is 3. The second-order valence-electron chi connectivity index (χ2n) is 7.01. The number of likely N-dealkylation sites (tertiary alicyclic amines) is 1. The molecule has 0 aromatic carbocycles. The van der Waals surface area contributed by atoms with Crippen molar-refractivity contribution in [1.82, 2.24) is 25.4 Å². The van der Waals surface area contributed by atoms with Gasteiger partial charge in [0.1, 0.15) is 11.4 Å². The maximum Gasteiger partial charge on any atom is 0.471 e. The van der Waals surface area contributed by atoms with Crippen molar-refractivity contribution in [2.24, 2.45) is 0 Å². The first kappa shape index (κ1) is 20.0. The molecule has 0 unspecified atom stereocenters. The first-order chi connectivity index (χ1) is 12.0. The van der Waals surface area contributed by atoms with E-state index in [0.717, 1.165) is 12.8 Å². The SMILES string of the molecule is CC(C)(C)OC(=O)N1CCCC[C@@H]1c1n[nH]c(CNC(=O)C(F)(F)F)n1. The van der Waals surface area contributed by atoms with Crippen molar-refractivity contribution in [3.63, 3.8) is 0 Å². The van der Waals surface area contributed by atoms with Crippen LogP contribution in [0.3, 0.4) is 0 Å². The van der Waals surface area contributed by atoms with Gasteiger partial charge in [0, 0.05) is 6.54 Å². The van der Waals surface area contributed by atoms with Crippen LogP contribution in [0, 0.1) is 0 Å². The Bertz CT molecular complexity index is 654. The number of aromatic amines is 1. The largest absolute Gasteiger partial charge is 0.471 e. The molecule has 1 atom stereocenters. The van der Waals surface area contributed by atoms with Crippen molar-refractivity contribution in [3.05, 3.63) is 11.6 Å². The molecule has 146 valence electrons. The van der Waals surface area contributed by atoms with Gasteiger partial charge in [0.15, 0.2) is 5.82 Å². The Morgan fingerprint density at radius 3 is 2.62 bits per heavy atom. The van der Waals surface area contributed by atoms with Crippen LogP contribution in [0.4, 0.5) is 18.0 Å². The normalized spacial score (nSPS) is 18.5. The summed E-state index contributed by atoms with van der Waals surface area (Å²) >= 11 is 0. The number of H-pyrrole nitrogens is 1. The maximum atomic E-state index is 12.4. The van der Waals surface area contributed by atoms with Crippen LogP contribution < -0.4 is 5.32 Å². The zero-order valence-corrected chi connectivity index (χ0v) is 14.8. The van der Waals surface area contributed by atoms with E-state index in [2.05, 4.69) is 15.2 Å². The van der Waals surface area contributed by atoms with E-state index in [4.69, 9.17) is 4.74 Å². The monoisotopic (exact) mass is 377 g/mol. The fourth-order valence-corrected chi connectivity index (χ4v) is 2.54. The van der Waals surface area contributed by atoms with E-state index in [1.54, 1.807) is 26.1 Å². The van der Waals surface area contributed by atoms with Gasteiger partial charge >= 0.3 is 18.2 Å². The highest BCUT2D eigenvalue weighted by molar-refractivity contribution is 5.81. The molecule has 1 aliphatic rings. The summed E-state index contributed by atoms with van der Waals surface area (Å²) in [6.07, 6.45) is -3.16. The van der Waals surface area contributed by atoms with Gasteiger partial charge in [0.05, 0.1) is 12.6 Å². The predicted octanol–water partition coefficient (Wildman–Crippen LogP) is 2.45. The van der Waals surface area contributed by atoms with Gasteiger partial charge in [-0.25, -0.2) is 9.78 Å². The Morgan fingerprint density at radius 2 is 2.00 bits per heavy atom. The Morgan fingerprint density at radius 1 is 1.31 bits per heavy atom. The molecule has 2 rings (SSSR count). The Balaban J connectivity index is 2.05. The summed E-state index contributed by atoms with van der Waals surface area (Å²) in [7, 11) is 0. The quantitative estimate of drug-likeness (QED) is 0.843. The molecule has 0 bridgehead atoms.